The lowest BCUT2D eigenvalue weighted by Gasteiger charge is -2.27. The van der Waals surface area contributed by atoms with Crippen molar-refractivity contribution in [1.29, 1.82) is 0 Å². The summed E-state index contributed by atoms with van der Waals surface area (Å²) >= 11 is 3.51. The van der Waals surface area contributed by atoms with Gasteiger partial charge in [0.05, 0.1) is 6.04 Å². The third-order valence-electron chi connectivity index (χ3n) is 4.63. The normalized spacial score (nSPS) is 16.9. The van der Waals surface area contributed by atoms with Gasteiger partial charge in [0, 0.05) is 29.0 Å². The molecule has 0 fully saturated rings. The second-order valence-electron chi connectivity index (χ2n) is 6.38. The number of hydrogen-bond donors (Lipinski definition) is 1. The molecule has 0 unspecified atom stereocenters. The number of nitrogens with zero attached hydrogens (tertiary/aromatic N) is 2. The first kappa shape index (κ1) is 17.5. The lowest BCUT2D eigenvalue weighted by Crippen LogP contribution is -2.29. The van der Waals surface area contributed by atoms with Crippen molar-refractivity contribution >= 4 is 27.4 Å². The molecule has 0 saturated carbocycles. The number of aliphatic hydroxyl groups is 1. The number of benzene rings is 2. The molecule has 0 saturated heterocycles. The van der Waals surface area contributed by atoms with Crippen LogP contribution in [0.15, 0.2) is 89.4 Å². The maximum Gasteiger partial charge on any atom is 0.290 e. The molecule has 0 aliphatic carbocycles. The second-order valence-corrected chi connectivity index (χ2v) is 7.30. The molecular weight excluding hydrogens is 404 g/mol. The summed E-state index contributed by atoms with van der Waals surface area (Å²) in [6.45, 7) is 0.365. The number of carbonyl (C=O) groups excluding carboxylic acids is 1. The molecule has 1 N–H and O–H groups in total. The molecule has 1 amide bonds. The van der Waals surface area contributed by atoms with Gasteiger partial charge in [0.2, 0.25) is 0 Å². The first-order chi connectivity index (χ1) is 13.1. The molecule has 2 heterocycles. The zero-order chi connectivity index (χ0) is 18.8. The first-order valence-electron chi connectivity index (χ1n) is 8.59. The van der Waals surface area contributed by atoms with Crippen LogP contribution in [0.5, 0.6) is 0 Å². The average Bonchev–Trinajstić information content (AvgIpc) is 2.94. The van der Waals surface area contributed by atoms with E-state index in [0.717, 1.165) is 21.2 Å². The molecule has 3 aromatic rings. The van der Waals surface area contributed by atoms with Crippen molar-refractivity contribution < 1.29 is 9.90 Å². The topological polar surface area (TPSA) is 53.4 Å². The van der Waals surface area contributed by atoms with Crippen LogP contribution in [-0.4, -0.2) is 20.9 Å². The van der Waals surface area contributed by atoms with Crippen LogP contribution in [0.25, 0.3) is 5.57 Å². The van der Waals surface area contributed by atoms with Crippen LogP contribution in [0.4, 0.5) is 0 Å². The first-order valence-corrected chi connectivity index (χ1v) is 9.38. The highest BCUT2D eigenvalue weighted by Gasteiger charge is 2.41. The van der Waals surface area contributed by atoms with Crippen molar-refractivity contribution in [1.82, 2.24) is 9.88 Å². The maximum atomic E-state index is 12.9. The van der Waals surface area contributed by atoms with Crippen molar-refractivity contribution in [3.63, 3.8) is 0 Å². The Bertz CT molecular complexity index is 1000. The van der Waals surface area contributed by atoms with E-state index in [-0.39, 0.29) is 17.7 Å². The number of halogens is 1. The number of hydrogen-bond acceptors (Lipinski definition) is 3. The van der Waals surface area contributed by atoms with Crippen LogP contribution in [0.3, 0.4) is 0 Å². The van der Waals surface area contributed by atoms with Gasteiger partial charge in [-0.3, -0.25) is 9.78 Å². The molecule has 134 valence electrons. The van der Waals surface area contributed by atoms with Gasteiger partial charge in [-0.1, -0.05) is 64.5 Å². The van der Waals surface area contributed by atoms with E-state index in [0.29, 0.717) is 12.1 Å². The van der Waals surface area contributed by atoms with Gasteiger partial charge in [0.1, 0.15) is 0 Å². The van der Waals surface area contributed by atoms with Crippen molar-refractivity contribution in [2.45, 2.75) is 12.6 Å². The summed E-state index contributed by atoms with van der Waals surface area (Å²) < 4.78 is 0.924. The molecule has 1 aliphatic heterocycles. The van der Waals surface area contributed by atoms with Crippen molar-refractivity contribution in [3.8, 4) is 0 Å². The monoisotopic (exact) mass is 420 g/mol. The number of amides is 1. The van der Waals surface area contributed by atoms with E-state index in [1.807, 2.05) is 66.7 Å². The van der Waals surface area contributed by atoms with E-state index in [4.69, 9.17) is 0 Å². The predicted octanol–water partition coefficient (Wildman–Crippen LogP) is 4.90. The zero-order valence-corrected chi connectivity index (χ0v) is 16.0. The van der Waals surface area contributed by atoms with Crippen LogP contribution in [0.1, 0.15) is 22.7 Å². The molecule has 27 heavy (non-hydrogen) atoms. The molecule has 1 atom stereocenters. The zero-order valence-electron chi connectivity index (χ0n) is 14.4. The van der Waals surface area contributed by atoms with Gasteiger partial charge in [0.25, 0.3) is 5.91 Å². The summed E-state index contributed by atoms with van der Waals surface area (Å²) in [5.41, 5.74) is 3.31. The van der Waals surface area contributed by atoms with E-state index >= 15 is 0 Å². The van der Waals surface area contributed by atoms with Gasteiger partial charge in [-0.15, -0.1) is 0 Å². The molecule has 4 rings (SSSR count). The number of carbonyl (C=O) groups is 1. The highest BCUT2D eigenvalue weighted by atomic mass is 79.9. The molecule has 4 nitrogen and oxygen atoms in total. The van der Waals surface area contributed by atoms with E-state index in [1.165, 1.54) is 0 Å². The lowest BCUT2D eigenvalue weighted by molar-refractivity contribution is -0.130. The Balaban J connectivity index is 1.83. The molecule has 0 bridgehead atoms. The highest BCUT2D eigenvalue weighted by molar-refractivity contribution is 9.10. The van der Waals surface area contributed by atoms with E-state index in [9.17, 15) is 9.90 Å². The van der Waals surface area contributed by atoms with Gasteiger partial charge >= 0.3 is 0 Å². The number of rotatable bonds is 4. The Labute approximate surface area is 165 Å². The minimum atomic E-state index is -0.377. The molecular formula is C22H17BrN2O2. The van der Waals surface area contributed by atoms with Gasteiger partial charge in [-0.2, -0.15) is 0 Å². The standard InChI is InChI=1S/C22H17BrN2O2/c23-18-10-4-9-17(12-18)20-19(16-7-2-1-3-8-16)21(26)22(27)25(20)14-15-6-5-11-24-13-15/h1-13,20,26H,14H2/t20-/m1/s1. The Morgan fingerprint density at radius 3 is 2.56 bits per heavy atom. The Hall–Kier alpha value is -2.92. The third-order valence-corrected chi connectivity index (χ3v) is 5.12. The SMILES string of the molecule is O=C1C(O)=C(c2ccccc2)[C@@H](c2cccc(Br)c2)N1Cc1cccnc1. The lowest BCUT2D eigenvalue weighted by atomic mass is 9.93. The summed E-state index contributed by atoms with van der Waals surface area (Å²) in [4.78, 5) is 18.8. The van der Waals surface area contributed by atoms with Gasteiger partial charge in [-0.25, -0.2) is 0 Å². The van der Waals surface area contributed by atoms with Crippen LogP contribution in [0, 0.1) is 0 Å². The minimum absolute atomic E-state index is 0.199. The smallest absolute Gasteiger partial charge is 0.290 e. The number of aliphatic hydroxyl groups excluding tert-OH is 1. The van der Waals surface area contributed by atoms with Crippen LogP contribution < -0.4 is 0 Å². The fourth-order valence-corrected chi connectivity index (χ4v) is 3.86. The third kappa shape index (κ3) is 3.38. The van der Waals surface area contributed by atoms with Crippen molar-refractivity contribution in [2.24, 2.45) is 0 Å². The van der Waals surface area contributed by atoms with Gasteiger partial charge < -0.3 is 10.0 Å². The highest BCUT2D eigenvalue weighted by Crippen LogP contribution is 2.44. The van der Waals surface area contributed by atoms with Gasteiger partial charge in [-0.05, 0) is 34.9 Å². The Morgan fingerprint density at radius 2 is 1.85 bits per heavy atom. The summed E-state index contributed by atoms with van der Waals surface area (Å²) in [6.07, 6.45) is 3.44. The van der Waals surface area contributed by atoms with E-state index in [2.05, 4.69) is 20.9 Å². The molecule has 0 spiro atoms. The fourth-order valence-electron chi connectivity index (χ4n) is 3.44. The molecule has 1 aliphatic rings. The van der Waals surface area contributed by atoms with E-state index in [1.54, 1.807) is 17.3 Å². The Morgan fingerprint density at radius 1 is 1.04 bits per heavy atom. The number of aromatic nitrogens is 1. The minimum Gasteiger partial charge on any atom is -0.503 e. The predicted molar refractivity (Wildman–Crippen MR) is 108 cm³/mol. The molecule has 1 aromatic heterocycles. The van der Waals surface area contributed by atoms with Crippen LogP contribution >= 0.6 is 15.9 Å². The summed E-state index contributed by atoms with van der Waals surface area (Å²) in [7, 11) is 0. The molecule has 5 heteroatoms. The van der Waals surface area contributed by atoms with Crippen molar-refractivity contribution in [2.75, 3.05) is 0 Å². The van der Waals surface area contributed by atoms with Gasteiger partial charge in [0.15, 0.2) is 5.76 Å². The largest absolute Gasteiger partial charge is 0.503 e. The van der Waals surface area contributed by atoms with Crippen LogP contribution in [-0.2, 0) is 11.3 Å². The Kier molecular flexibility index (Phi) is 4.77. The second kappa shape index (κ2) is 7.37. The van der Waals surface area contributed by atoms with E-state index < -0.39 is 0 Å². The summed E-state index contributed by atoms with van der Waals surface area (Å²) in [6, 6.07) is 20.8. The molecule has 0 radical (unpaired) electrons. The quantitative estimate of drug-likeness (QED) is 0.652. The fraction of sp³-hybridized carbons (Fsp3) is 0.0909. The summed E-state index contributed by atoms with van der Waals surface area (Å²) in [5.74, 6) is -0.572. The summed E-state index contributed by atoms with van der Waals surface area (Å²) in [5, 5.41) is 10.7. The maximum absolute atomic E-state index is 12.9. The number of pyridine rings is 1. The van der Waals surface area contributed by atoms with Crippen LogP contribution in [0.2, 0.25) is 0 Å². The molecule has 2 aromatic carbocycles. The average molecular weight is 421 g/mol. The van der Waals surface area contributed by atoms with Crippen molar-refractivity contribution in [3.05, 3.63) is 106 Å².